The predicted octanol–water partition coefficient (Wildman–Crippen LogP) is 1.93. The first kappa shape index (κ1) is 11.6. The third-order valence-corrected chi connectivity index (χ3v) is 3.49. The van der Waals surface area contributed by atoms with Gasteiger partial charge in [0.15, 0.2) is 0 Å². The molecule has 1 heterocycles. The van der Waals surface area contributed by atoms with E-state index in [2.05, 4.69) is 33.4 Å². The molecule has 0 saturated carbocycles. The van der Waals surface area contributed by atoms with E-state index in [0.717, 1.165) is 11.0 Å². The zero-order chi connectivity index (χ0) is 11.5. The third-order valence-electron chi connectivity index (χ3n) is 2.99. The Kier molecular flexibility index (Phi) is 3.61. The molecule has 2 rings (SSSR count). The summed E-state index contributed by atoms with van der Waals surface area (Å²) < 4.78 is 5.87. The second kappa shape index (κ2) is 4.97. The molecule has 0 aromatic heterocycles. The maximum absolute atomic E-state index is 11.6. The van der Waals surface area contributed by atoms with E-state index >= 15 is 0 Å². The van der Waals surface area contributed by atoms with Crippen molar-refractivity contribution in [2.45, 2.75) is 5.92 Å². The van der Waals surface area contributed by atoms with Crippen molar-refractivity contribution in [3.05, 3.63) is 34.3 Å². The summed E-state index contributed by atoms with van der Waals surface area (Å²) in [5.74, 6) is 0.0132. The number of carbonyl (C=O) groups excluding carboxylic acids is 1. The Morgan fingerprint density at radius 1 is 1.50 bits per heavy atom. The number of halogens is 1. The van der Waals surface area contributed by atoms with Gasteiger partial charge in [-0.2, -0.15) is 0 Å². The van der Waals surface area contributed by atoms with Crippen molar-refractivity contribution in [1.29, 1.82) is 0 Å². The van der Waals surface area contributed by atoms with Crippen LogP contribution in [0.5, 0.6) is 0 Å². The molecular formula is C12H14BrNO2. The summed E-state index contributed by atoms with van der Waals surface area (Å²) in [6.07, 6.45) is 0. The first-order chi connectivity index (χ1) is 7.72. The quantitative estimate of drug-likeness (QED) is 0.843. The van der Waals surface area contributed by atoms with E-state index < -0.39 is 0 Å². The zero-order valence-corrected chi connectivity index (χ0v) is 10.7. The Hall–Kier alpha value is -0.870. The highest BCUT2D eigenvalue weighted by molar-refractivity contribution is 9.10. The van der Waals surface area contributed by atoms with Crippen LogP contribution in [0, 0.1) is 5.92 Å². The van der Waals surface area contributed by atoms with Gasteiger partial charge in [-0.3, -0.25) is 4.79 Å². The van der Waals surface area contributed by atoms with Crippen molar-refractivity contribution in [2.24, 2.45) is 5.92 Å². The number of rotatable bonds is 2. The molecule has 1 aromatic rings. The highest BCUT2D eigenvalue weighted by Gasteiger charge is 2.34. The topological polar surface area (TPSA) is 38.3 Å². The van der Waals surface area contributed by atoms with Gasteiger partial charge in [-0.15, -0.1) is 0 Å². The summed E-state index contributed by atoms with van der Waals surface area (Å²) in [5.41, 5.74) is 1.18. The third kappa shape index (κ3) is 2.28. The van der Waals surface area contributed by atoms with Crippen molar-refractivity contribution >= 4 is 21.9 Å². The number of benzene rings is 1. The normalized spacial score (nSPS) is 24.4. The molecular weight excluding hydrogens is 270 g/mol. The second-order valence-electron chi connectivity index (χ2n) is 3.95. The second-order valence-corrected chi connectivity index (χ2v) is 4.87. The Morgan fingerprint density at radius 3 is 3.00 bits per heavy atom. The maximum Gasteiger partial charge on any atom is 0.310 e. The molecule has 1 aliphatic rings. The summed E-state index contributed by atoms with van der Waals surface area (Å²) >= 11 is 3.45. The highest BCUT2D eigenvalue weighted by Crippen LogP contribution is 2.30. The van der Waals surface area contributed by atoms with Crippen LogP contribution in [-0.2, 0) is 9.53 Å². The fourth-order valence-electron chi connectivity index (χ4n) is 2.17. The molecule has 0 spiro atoms. The molecule has 0 radical (unpaired) electrons. The van der Waals surface area contributed by atoms with Crippen LogP contribution < -0.4 is 5.32 Å². The Morgan fingerprint density at radius 2 is 2.31 bits per heavy atom. The molecule has 1 N–H and O–H groups in total. The van der Waals surface area contributed by atoms with Crippen molar-refractivity contribution < 1.29 is 9.53 Å². The molecule has 86 valence electrons. The summed E-state index contributed by atoms with van der Waals surface area (Å²) in [6, 6.07) is 8.09. The lowest BCUT2D eigenvalue weighted by Crippen LogP contribution is -2.22. The van der Waals surface area contributed by atoms with Crippen LogP contribution in [0.1, 0.15) is 11.5 Å². The minimum Gasteiger partial charge on any atom is -0.469 e. The molecule has 1 aromatic carbocycles. The van der Waals surface area contributed by atoms with Gasteiger partial charge in [-0.05, 0) is 17.7 Å². The van der Waals surface area contributed by atoms with E-state index in [1.807, 2.05) is 12.1 Å². The molecule has 0 amide bonds. The Labute approximate surface area is 103 Å². The number of ether oxygens (including phenoxy) is 1. The van der Waals surface area contributed by atoms with Gasteiger partial charge < -0.3 is 10.1 Å². The van der Waals surface area contributed by atoms with Crippen LogP contribution in [0.25, 0.3) is 0 Å². The molecule has 0 aliphatic carbocycles. The standard InChI is InChI=1S/C12H14BrNO2/c1-16-12(15)11-7-14-6-10(11)8-3-2-4-9(13)5-8/h2-5,10-11,14H,6-7H2,1H3/t10-,11+/m0/s1. The first-order valence-electron chi connectivity index (χ1n) is 5.26. The van der Waals surface area contributed by atoms with Crippen LogP contribution in [0.3, 0.4) is 0 Å². The SMILES string of the molecule is COC(=O)[C@@H]1CNC[C@H]1c1cccc(Br)c1. The van der Waals surface area contributed by atoms with E-state index in [1.54, 1.807) is 0 Å². The average molecular weight is 284 g/mol. The number of hydrogen-bond donors (Lipinski definition) is 1. The van der Waals surface area contributed by atoms with Crippen LogP contribution in [0.2, 0.25) is 0 Å². The van der Waals surface area contributed by atoms with E-state index in [-0.39, 0.29) is 17.8 Å². The lowest BCUT2D eigenvalue weighted by atomic mass is 9.89. The lowest BCUT2D eigenvalue weighted by Gasteiger charge is -2.16. The van der Waals surface area contributed by atoms with Crippen molar-refractivity contribution in [1.82, 2.24) is 5.32 Å². The van der Waals surface area contributed by atoms with Crippen LogP contribution in [0.4, 0.5) is 0 Å². The molecule has 16 heavy (non-hydrogen) atoms. The highest BCUT2D eigenvalue weighted by atomic mass is 79.9. The summed E-state index contributed by atoms with van der Waals surface area (Å²) in [4.78, 5) is 11.6. The number of esters is 1. The summed E-state index contributed by atoms with van der Waals surface area (Å²) in [7, 11) is 1.44. The molecule has 2 atom stereocenters. The Balaban J connectivity index is 2.23. The predicted molar refractivity (Wildman–Crippen MR) is 65.3 cm³/mol. The van der Waals surface area contributed by atoms with Gasteiger partial charge >= 0.3 is 5.97 Å². The number of hydrogen-bond acceptors (Lipinski definition) is 3. The van der Waals surface area contributed by atoms with Gasteiger partial charge in [0.05, 0.1) is 13.0 Å². The molecule has 3 nitrogen and oxygen atoms in total. The maximum atomic E-state index is 11.6. The van der Waals surface area contributed by atoms with Gasteiger partial charge in [0.2, 0.25) is 0 Å². The van der Waals surface area contributed by atoms with Crippen molar-refractivity contribution in [3.63, 3.8) is 0 Å². The first-order valence-corrected chi connectivity index (χ1v) is 6.05. The van der Waals surface area contributed by atoms with Gasteiger partial charge in [0.1, 0.15) is 0 Å². The van der Waals surface area contributed by atoms with Crippen LogP contribution >= 0.6 is 15.9 Å². The Bertz CT molecular complexity index is 394. The number of carbonyl (C=O) groups is 1. The lowest BCUT2D eigenvalue weighted by molar-refractivity contribution is -0.145. The minimum atomic E-state index is -0.130. The van der Waals surface area contributed by atoms with Gasteiger partial charge in [-0.1, -0.05) is 28.1 Å². The van der Waals surface area contributed by atoms with Crippen molar-refractivity contribution in [3.8, 4) is 0 Å². The molecule has 1 saturated heterocycles. The van der Waals surface area contributed by atoms with Crippen LogP contribution in [-0.4, -0.2) is 26.2 Å². The van der Waals surface area contributed by atoms with E-state index in [0.29, 0.717) is 6.54 Å². The van der Waals surface area contributed by atoms with E-state index in [9.17, 15) is 4.79 Å². The zero-order valence-electron chi connectivity index (χ0n) is 9.07. The summed E-state index contributed by atoms with van der Waals surface area (Å²) in [5, 5.41) is 3.24. The van der Waals surface area contributed by atoms with Crippen LogP contribution in [0.15, 0.2) is 28.7 Å². The van der Waals surface area contributed by atoms with Crippen molar-refractivity contribution in [2.75, 3.05) is 20.2 Å². The van der Waals surface area contributed by atoms with E-state index in [1.165, 1.54) is 12.7 Å². The number of nitrogens with one attached hydrogen (secondary N) is 1. The largest absolute Gasteiger partial charge is 0.469 e. The molecule has 1 fully saturated rings. The monoisotopic (exact) mass is 283 g/mol. The fraction of sp³-hybridized carbons (Fsp3) is 0.417. The minimum absolute atomic E-state index is 0.0701. The molecule has 0 bridgehead atoms. The molecule has 0 unspecified atom stereocenters. The fourth-order valence-corrected chi connectivity index (χ4v) is 2.58. The van der Waals surface area contributed by atoms with E-state index in [4.69, 9.17) is 4.74 Å². The van der Waals surface area contributed by atoms with Gasteiger partial charge in [0, 0.05) is 23.5 Å². The molecule has 1 aliphatic heterocycles. The van der Waals surface area contributed by atoms with Gasteiger partial charge in [-0.25, -0.2) is 0 Å². The summed E-state index contributed by atoms with van der Waals surface area (Å²) in [6.45, 7) is 1.53. The van der Waals surface area contributed by atoms with Gasteiger partial charge in [0.25, 0.3) is 0 Å². The number of methoxy groups -OCH3 is 1. The smallest absolute Gasteiger partial charge is 0.310 e. The molecule has 4 heteroatoms. The average Bonchev–Trinajstić information content (AvgIpc) is 2.77.